The molecule has 3 heterocycles. The van der Waals surface area contributed by atoms with Gasteiger partial charge in [0.05, 0.1) is 51.6 Å². The van der Waals surface area contributed by atoms with Crippen molar-refractivity contribution < 1.29 is 18.9 Å². The molecule has 3 aromatic rings. The highest BCUT2D eigenvalue weighted by Crippen LogP contribution is 2.41. The zero-order chi connectivity index (χ0) is 20.9. The predicted molar refractivity (Wildman–Crippen MR) is 116 cm³/mol. The Bertz CT molecular complexity index is 1030. The van der Waals surface area contributed by atoms with E-state index in [9.17, 15) is 0 Å². The molecular formula is C22H25N3O4S. The summed E-state index contributed by atoms with van der Waals surface area (Å²) in [6, 6.07) is 7.76. The number of pyridine rings is 1. The zero-order valence-electron chi connectivity index (χ0n) is 17.3. The maximum atomic E-state index is 5.91. The van der Waals surface area contributed by atoms with Crippen LogP contribution >= 0.6 is 11.3 Å². The standard InChI is InChI=1S/C22H25N3O4S/c1-26-19-10-15(11-20(27-2)21(19)28-3)18-14-30-22(24-16-6-4-8-23-12-16)25(18)13-17-7-5-9-29-17/h4,6,8,10-12,14,17H,5,7,9,13H2,1-3H3. The SMILES string of the molecule is COc1cc(-c2csc(=Nc3cccnc3)n2CC2CCCO2)cc(OC)c1OC. The molecule has 0 bridgehead atoms. The first-order chi connectivity index (χ1) is 14.7. The third-order valence-electron chi connectivity index (χ3n) is 5.04. The van der Waals surface area contributed by atoms with Gasteiger partial charge in [-0.25, -0.2) is 4.99 Å². The molecule has 7 nitrogen and oxygen atoms in total. The molecule has 1 aromatic carbocycles. The van der Waals surface area contributed by atoms with E-state index < -0.39 is 0 Å². The summed E-state index contributed by atoms with van der Waals surface area (Å²) < 4.78 is 24.7. The summed E-state index contributed by atoms with van der Waals surface area (Å²) in [7, 11) is 4.85. The fourth-order valence-corrected chi connectivity index (χ4v) is 4.52. The van der Waals surface area contributed by atoms with Crippen LogP contribution in [0, 0.1) is 0 Å². The molecule has 1 unspecified atom stereocenters. The van der Waals surface area contributed by atoms with Crippen molar-refractivity contribution in [2.75, 3.05) is 27.9 Å². The van der Waals surface area contributed by atoms with Gasteiger partial charge in [-0.2, -0.15) is 0 Å². The number of thiazole rings is 1. The number of benzene rings is 1. The van der Waals surface area contributed by atoms with Crippen molar-refractivity contribution in [3.63, 3.8) is 0 Å². The molecule has 0 aliphatic carbocycles. The fraction of sp³-hybridized carbons (Fsp3) is 0.364. The lowest BCUT2D eigenvalue weighted by molar-refractivity contribution is 0.0968. The van der Waals surface area contributed by atoms with Crippen LogP contribution in [0.2, 0.25) is 0 Å². The summed E-state index contributed by atoms with van der Waals surface area (Å²) >= 11 is 1.59. The van der Waals surface area contributed by atoms with Gasteiger partial charge < -0.3 is 23.5 Å². The van der Waals surface area contributed by atoms with Crippen LogP contribution in [-0.4, -0.2) is 43.6 Å². The van der Waals surface area contributed by atoms with Crippen LogP contribution in [0.3, 0.4) is 0 Å². The van der Waals surface area contributed by atoms with Gasteiger partial charge in [0, 0.05) is 23.7 Å². The van der Waals surface area contributed by atoms with Gasteiger partial charge in [0.2, 0.25) is 5.75 Å². The number of nitrogens with zero attached hydrogens (tertiary/aromatic N) is 3. The van der Waals surface area contributed by atoms with E-state index in [-0.39, 0.29) is 6.10 Å². The Morgan fingerprint density at radius 1 is 1.20 bits per heavy atom. The third kappa shape index (κ3) is 4.20. The molecule has 8 heteroatoms. The number of hydrogen-bond acceptors (Lipinski definition) is 7. The molecule has 1 atom stereocenters. The monoisotopic (exact) mass is 427 g/mol. The highest BCUT2D eigenvalue weighted by Gasteiger charge is 2.21. The minimum Gasteiger partial charge on any atom is -0.493 e. The normalized spacial score (nSPS) is 16.6. The number of rotatable bonds is 7. The molecule has 158 valence electrons. The van der Waals surface area contributed by atoms with Crippen LogP contribution in [-0.2, 0) is 11.3 Å². The van der Waals surface area contributed by atoms with E-state index in [1.807, 2.05) is 24.3 Å². The number of aromatic nitrogens is 2. The van der Waals surface area contributed by atoms with Gasteiger partial charge in [-0.3, -0.25) is 4.98 Å². The van der Waals surface area contributed by atoms with Crippen LogP contribution in [0.4, 0.5) is 5.69 Å². The molecule has 0 radical (unpaired) electrons. The smallest absolute Gasteiger partial charge is 0.203 e. The van der Waals surface area contributed by atoms with Gasteiger partial charge >= 0.3 is 0 Å². The van der Waals surface area contributed by atoms with Crippen molar-refractivity contribution >= 4 is 17.0 Å². The second-order valence-corrected chi connectivity index (χ2v) is 7.72. The lowest BCUT2D eigenvalue weighted by atomic mass is 10.1. The largest absolute Gasteiger partial charge is 0.493 e. The lowest BCUT2D eigenvalue weighted by Crippen LogP contribution is -2.24. The Kier molecular flexibility index (Phi) is 6.35. The first-order valence-corrected chi connectivity index (χ1v) is 10.7. The molecule has 30 heavy (non-hydrogen) atoms. The highest BCUT2D eigenvalue weighted by atomic mass is 32.1. The van der Waals surface area contributed by atoms with E-state index in [4.69, 9.17) is 23.9 Å². The Morgan fingerprint density at radius 2 is 2.00 bits per heavy atom. The van der Waals surface area contributed by atoms with Crippen LogP contribution in [0.25, 0.3) is 11.3 Å². The van der Waals surface area contributed by atoms with Gasteiger partial charge in [-0.1, -0.05) is 0 Å². The Labute approximate surface area is 179 Å². The molecule has 2 aromatic heterocycles. The summed E-state index contributed by atoms with van der Waals surface area (Å²) in [4.78, 5) is 9.89. The summed E-state index contributed by atoms with van der Waals surface area (Å²) in [5.74, 6) is 1.81. The summed E-state index contributed by atoms with van der Waals surface area (Å²) in [5.41, 5.74) is 2.81. The fourth-order valence-electron chi connectivity index (χ4n) is 3.58. The van der Waals surface area contributed by atoms with Crippen molar-refractivity contribution in [2.45, 2.75) is 25.5 Å². The van der Waals surface area contributed by atoms with Gasteiger partial charge in [-0.15, -0.1) is 11.3 Å². The quantitative estimate of drug-likeness (QED) is 0.569. The minimum absolute atomic E-state index is 0.174. The molecule has 1 aliphatic rings. The molecule has 0 amide bonds. The molecule has 0 saturated carbocycles. The van der Waals surface area contributed by atoms with E-state index in [0.717, 1.165) is 47.7 Å². The van der Waals surface area contributed by atoms with Crippen molar-refractivity contribution in [2.24, 2.45) is 4.99 Å². The van der Waals surface area contributed by atoms with E-state index in [1.54, 1.807) is 45.1 Å². The first-order valence-electron chi connectivity index (χ1n) is 9.78. The number of methoxy groups -OCH3 is 3. The summed E-state index contributed by atoms with van der Waals surface area (Å²) in [6.45, 7) is 1.54. The average Bonchev–Trinajstić information content (AvgIpc) is 3.44. The van der Waals surface area contributed by atoms with Gasteiger partial charge in [0.1, 0.15) is 0 Å². The Balaban J connectivity index is 1.84. The molecule has 1 aliphatic heterocycles. The molecular weight excluding hydrogens is 402 g/mol. The molecule has 0 N–H and O–H groups in total. The number of ether oxygens (including phenoxy) is 4. The Morgan fingerprint density at radius 3 is 2.60 bits per heavy atom. The van der Waals surface area contributed by atoms with Crippen LogP contribution in [0.15, 0.2) is 47.0 Å². The molecule has 0 spiro atoms. The maximum Gasteiger partial charge on any atom is 0.203 e. The van der Waals surface area contributed by atoms with Crippen LogP contribution in [0.1, 0.15) is 12.8 Å². The van der Waals surface area contributed by atoms with E-state index >= 15 is 0 Å². The predicted octanol–water partition coefficient (Wildman–Crippen LogP) is 4.05. The van der Waals surface area contributed by atoms with Gasteiger partial charge in [0.25, 0.3) is 0 Å². The zero-order valence-corrected chi connectivity index (χ0v) is 18.1. The lowest BCUT2D eigenvalue weighted by Gasteiger charge is -2.17. The van der Waals surface area contributed by atoms with E-state index in [1.165, 1.54) is 0 Å². The van der Waals surface area contributed by atoms with Crippen LogP contribution < -0.4 is 19.0 Å². The molecule has 1 saturated heterocycles. The van der Waals surface area contributed by atoms with Crippen molar-refractivity contribution in [1.29, 1.82) is 0 Å². The second kappa shape index (κ2) is 9.32. The average molecular weight is 428 g/mol. The van der Waals surface area contributed by atoms with Crippen molar-refractivity contribution in [3.8, 4) is 28.5 Å². The van der Waals surface area contributed by atoms with Gasteiger partial charge in [-0.05, 0) is 37.1 Å². The highest BCUT2D eigenvalue weighted by molar-refractivity contribution is 7.07. The minimum atomic E-state index is 0.174. The van der Waals surface area contributed by atoms with Crippen molar-refractivity contribution in [1.82, 2.24) is 9.55 Å². The second-order valence-electron chi connectivity index (χ2n) is 6.89. The first kappa shape index (κ1) is 20.4. The topological polar surface area (TPSA) is 67.1 Å². The third-order valence-corrected chi connectivity index (χ3v) is 5.90. The maximum absolute atomic E-state index is 5.91. The van der Waals surface area contributed by atoms with Crippen molar-refractivity contribution in [3.05, 3.63) is 46.8 Å². The van der Waals surface area contributed by atoms with Gasteiger partial charge in [0.15, 0.2) is 16.3 Å². The number of hydrogen-bond donors (Lipinski definition) is 0. The van der Waals surface area contributed by atoms with E-state index in [2.05, 4.69) is 14.9 Å². The van der Waals surface area contributed by atoms with E-state index in [0.29, 0.717) is 17.2 Å². The molecule has 1 fully saturated rings. The Hall–Kier alpha value is -2.84. The molecule has 4 rings (SSSR count). The summed E-state index contributed by atoms with van der Waals surface area (Å²) in [6.07, 6.45) is 5.81. The van der Waals surface area contributed by atoms with Crippen LogP contribution in [0.5, 0.6) is 17.2 Å². The summed E-state index contributed by atoms with van der Waals surface area (Å²) in [5, 5.41) is 2.10.